The number of hydrogen-bond acceptors (Lipinski definition) is 2. The van der Waals surface area contributed by atoms with Gasteiger partial charge in [-0.1, -0.05) is 17.8 Å². The predicted octanol–water partition coefficient (Wildman–Crippen LogP) is 4.31. The van der Waals surface area contributed by atoms with Crippen LogP contribution in [0.2, 0.25) is 0 Å². The molecular formula is C16H18FNS. The van der Waals surface area contributed by atoms with Crippen molar-refractivity contribution < 1.29 is 4.39 Å². The molecule has 0 atom stereocenters. The van der Waals surface area contributed by atoms with E-state index in [-0.39, 0.29) is 5.82 Å². The van der Waals surface area contributed by atoms with Gasteiger partial charge in [0.25, 0.3) is 0 Å². The highest BCUT2D eigenvalue weighted by Gasteiger charge is 2.06. The topological polar surface area (TPSA) is 12.0 Å². The van der Waals surface area contributed by atoms with Crippen molar-refractivity contribution in [3.63, 3.8) is 0 Å². The second-order valence-corrected chi connectivity index (χ2v) is 5.75. The van der Waals surface area contributed by atoms with Crippen LogP contribution in [0.1, 0.15) is 16.7 Å². The Labute approximate surface area is 118 Å². The molecule has 1 N–H and O–H groups in total. The number of nitrogens with one attached hydrogen (secondary N) is 1. The molecule has 0 spiro atoms. The van der Waals surface area contributed by atoms with Gasteiger partial charge in [-0.2, -0.15) is 0 Å². The SMILES string of the molecule is CNCc1cc(F)ccc1Sc1ccc(C)c(C)c1. The van der Waals surface area contributed by atoms with Crippen molar-refractivity contribution in [2.45, 2.75) is 30.2 Å². The lowest BCUT2D eigenvalue weighted by Gasteiger charge is -2.10. The van der Waals surface area contributed by atoms with Crippen LogP contribution >= 0.6 is 11.8 Å². The monoisotopic (exact) mass is 275 g/mol. The van der Waals surface area contributed by atoms with Crippen LogP contribution in [0.5, 0.6) is 0 Å². The second kappa shape index (κ2) is 6.22. The summed E-state index contributed by atoms with van der Waals surface area (Å²) in [5.74, 6) is -0.185. The fourth-order valence-corrected chi connectivity index (χ4v) is 2.90. The summed E-state index contributed by atoms with van der Waals surface area (Å²) >= 11 is 1.68. The Morgan fingerprint density at radius 1 is 1.05 bits per heavy atom. The summed E-state index contributed by atoms with van der Waals surface area (Å²) in [5, 5.41) is 3.08. The minimum absolute atomic E-state index is 0.185. The first-order valence-corrected chi connectivity index (χ1v) is 7.10. The second-order valence-electron chi connectivity index (χ2n) is 4.63. The highest BCUT2D eigenvalue weighted by atomic mass is 32.2. The molecule has 2 rings (SSSR count). The molecule has 100 valence electrons. The third-order valence-corrected chi connectivity index (χ3v) is 4.20. The van der Waals surface area contributed by atoms with E-state index < -0.39 is 0 Å². The molecule has 0 aliphatic heterocycles. The zero-order chi connectivity index (χ0) is 13.8. The summed E-state index contributed by atoms with van der Waals surface area (Å²) in [6.45, 7) is 4.89. The van der Waals surface area contributed by atoms with Crippen molar-refractivity contribution in [3.8, 4) is 0 Å². The van der Waals surface area contributed by atoms with E-state index in [9.17, 15) is 4.39 Å². The lowest BCUT2D eigenvalue weighted by molar-refractivity contribution is 0.621. The van der Waals surface area contributed by atoms with Gasteiger partial charge in [0.1, 0.15) is 5.82 Å². The number of halogens is 1. The van der Waals surface area contributed by atoms with Gasteiger partial charge in [0, 0.05) is 16.3 Å². The van der Waals surface area contributed by atoms with Gasteiger partial charge < -0.3 is 5.32 Å². The normalized spacial score (nSPS) is 10.7. The van der Waals surface area contributed by atoms with E-state index in [4.69, 9.17) is 0 Å². The van der Waals surface area contributed by atoms with Crippen LogP contribution in [0.3, 0.4) is 0 Å². The molecule has 2 aromatic carbocycles. The summed E-state index contributed by atoms with van der Waals surface area (Å²) in [7, 11) is 1.87. The van der Waals surface area contributed by atoms with Crippen LogP contribution in [0.25, 0.3) is 0 Å². The number of hydrogen-bond donors (Lipinski definition) is 1. The molecule has 1 nitrogen and oxygen atoms in total. The van der Waals surface area contributed by atoms with E-state index in [1.807, 2.05) is 13.1 Å². The summed E-state index contributed by atoms with van der Waals surface area (Å²) in [4.78, 5) is 2.28. The van der Waals surface area contributed by atoms with Crippen molar-refractivity contribution >= 4 is 11.8 Å². The van der Waals surface area contributed by atoms with Gasteiger partial charge in [0.15, 0.2) is 0 Å². The van der Waals surface area contributed by atoms with Gasteiger partial charge in [-0.15, -0.1) is 0 Å². The molecule has 0 saturated carbocycles. The maximum Gasteiger partial charge on any atom is 0.123 e. The van der Waals surface area contributed by atoms with E-state index in [0.717, 1.165) is 10.5 Å². The Morgan fingerprint density at radius 3 is 2.53 bits per heavy atom. The van der Waals surface area contributed by atoms with E-state index in [2.05, 4.69) is 37.4 Å². The quantitative estimate of drug-likeness (QED) is 0.892. The average Bonchev–Trinajstić information content (AvgIpc) is 2.37. The van der Waals surface area contributed by atoms with Crippen LogP contribution in [0.4, 0.5) is 4.39 Å². The largest absolute Gasteiger partial charge is 0.316 e. The number of aryl methyl sites for hydroxylation is 2. The Balaban J connectivity index is 2.29. The zero-order valence-electron chi connectivity index (χ0n) is 11.5. The van der Waals surface area contributed by atoms with Gasteiger partial charge in [-0.05, 0) is 67.9 Å². The van der Waals surface area contributed by atoms with Crippen LogP contribution < -0.4 is 5.32 Å². The first-order valence-electron chi connectivity index (χ1n) is 6.28. The number of benzene rings is 2. The maximum absolute atomic E-state index is 13.3. The first kappa shape index (κ1) is 14.1. The van der Waals surface area contributed by atoms with Crippen molar-refractivity contribution in [3.05, 3.63) is 58.9 Å². The van der Waals surface area contributed by atoms with Gasteiger partial charge in [-0.3, -0.25) is 0 Å². The smallest absolute Gasteiger partial charge is 0.123 e. The van der Waals surface area contributed by atoms with E-state index in [1.54, 1.807) is 17.8 Å². The fourth-order valence-electron chi connectivity index (χ4n) is 1.88. The molecule has 2 aromatic rings. The third kappa shape index (κ3) is 3.58. The molecule has 0 aliphatic carbocycles. The summed E-state index contributed by atoms with van der Waals surface area (Å²) < 4.78 is 13.3. The zero-order valence-corrected chi connectivity index (χ0v) is 12.3. The third-order valence-electron chi connectivity index (χ3n) is 3.10. The van der Waals surface area contributed by atoms with Crippen LogP contribution in [0, 0.1) is 19.7 Å². The van der Waals surface area contributed by atoms with Crippen molar-refractivity contribution in [2.24, 2.45) is 0 Å². The highest BCUT2D eigenvalue weighted by Crippen LogP contribution is 2.32. The molecule has 0 heterocycles. The number of rotatable bonds is 4. The molecule has 0 fully saturated rings. The molecule has 0 unspecified atom stereocenters. The molecule has 0 radical (unpaired) electrons. The average molecular weight is 275 g/mol. The lowest BCUT2D eigenvalue weighted by Crippen LogP contribution is -2.06. The Bertz CT molecular complexity index is 581. The molecule has 19 heavy (non-hydrogen) atoms. The lowest BCUT2D eigenvalue weighted by atomic mass is 10.1. The van der Waals surface area contributed by atoms with Gasteiger partial charge in [0.2, 0.25) is 0 Å². The van der Waals surface area contributed by atoms with Gasteiger partial charge in [-0.25, -0.2) is 4.39 Å². The maximum atomic E-state index is 13.3. The van der Waals surface area contributed by atoms with Crippen LogP contribution in [-0.2, 0) is 6.54 Å². The van der Waals surface area contributed by atoms with Crippen molar-refractivity contribution in [2.75, 3.05) is 7.05 Å². The fraction of sp³-hybridized carbons (Fsp3) is 0.250. The van der Waals surface area contributed by atoms with Crippen LogP contribution in [0.15, 0.2) is 46.2 Å². The highest BCUT2D eigenvalue weighted by molar-refractivity contribution is 7.99. The molecule has 0 bridgehead atoms. The van der Waals surface area contributed by atoms with E-state index >= 15 is 0 Å². The molecule has 0 amide bonds. The minimum atomic E-state index is -0.185. The predicted molar refractivity (Wildman–Crippen MR) is 79.2 cm³/mol. The first-order chi connectivity index (χ1) is 9.10. The van der Waals surface area contributed by atoms with Gasteiger partial charge >= 0.3 is 0 Å². The summed E-state index contributed by atoms with van der Waals surface area (Å²) in [6.07, 6.45) is 0. The summed E-state index contributed by atoms with van der Waals surface area (Å²) in [6, 6.07) is 11.4. The standard InChI is InChI=1S/C16H18FNS/c1-11-4-6-15(8-12(11)2)19-16-7-5-14(17)9-13(16)10-18-3/h4-9,18H,10H2,1-3H3. The Kier molecular flexibility index (Phi) is 4.61. The molecule has 3 heteroatoms. The molecule has 0 saturated heterocycles. The molecular weight excluding hydrogens is 257 g/mol. The molecule has 0 aliphatic rings. The van der Waals surface area contributed by atoms with E-state index in [1.165, 1.54) is 22.1 Å². The van der Waals surface area contributed by atoms with Gasteiger partial charge in [0.05, 0.1) is 0 Å². The Hall–Kier alpha value is -1.32. The van der Waals surface area contributed by atoms with Crippen molar-refractivity contribution in [1.29, 1.82) is 0 Å². The van der Waals surface area contributed by atoms with E-state index in [0.29, 0.717) is 6.54 Å². The van der Waals surface area contributed by atoms with Crippen molar-refractivity contribution in [1.82, 2.24) is 5.32 Å². The molecule has 0 aromatic heterocycles. The summed E-state index contributed by atoms with van der Waals surface area (Å²) in [5.41, 5.74) is 3.56. The Morgan fingerprint density at radius 2 is 1.84 bits per heavy atom. The minimum Gasteiger partial charge on any atom is -0.316 e. The van der Waals surface area contributed by atoms with Crippen LogP contribution in [-0.4, -0.2) is 7.05 Å².